The molecule has 124 valence electrons. The first-order valence-electron chi connectivity index (χ1n) is 7.78. The number of halogens is 1. The molecule has 1 saturated carbocycles. The summed E-state index contributed by atoms with van der Waals surface area (Å²) in [6.45, 7) is 1.32. The standard InChI is InChI=1S/C16H19N3O3.ClH/c17-16(6-1-2-7-16)15-18-14(22-19-15)11-4-5-12-13(10-11)21-9-3-8-20-12;/h4-5,10H,1-3,6-9,17H2;1H. The lowest BCUT2D eigenvalue weighted by Crippen LogP contribution is -2.34. The van der Waals surface area contributed by atoms with Crippen molar-refractivity contribution < 1.29 is 14.0 Å². The van der Waals surface area contributed by atoms with E-state index < -0.39 is 5.54 Å². The van der Waals surface area contributed by atoms with Gasteiger partial charge < -0.3 is 19.7 Å². The summed E-state index contributed by atoms with van der Waals surface area (Å²) in [5.41, 5.74) is 6.76. The second-order valence-electron chi connectivity index (χ2n) is 6.00. The Balaban J connectivity index is 0.00000156. The van der Waals surface area contributed by atoms with Gasteiger partial charge in [-0.25, -0.2) is 0 Å². The molecule has 6 nitrogen and oxygen atoms in total. The van der Waals surface area contributed by atoms with E-state index in [2.05, 4.69) is 10.1 Å². The molecule has 2 N–H and O–H groups in total. The fourth-order valence-electron chi connectivity index (χ4n) is 3.07. The molecule has 4 rings (SSSR count). The first-order chi connectivity index (χ1) is 10.7. The molecule has 23 heavy (non-hydrogen) atoms. The summed E-state index contributed by atoms with van der Waals surface area (Å²) >= 11 is 0. The Kier molecular flexibility index (Phi) is 4.46. The van der Waals surface area contributed by atoms with Crippen LogP contribution in [-0.2, 0) is 5.54 Å². The van der Waals surface area contributed by atoms with Crippen molar-refractivity contribution in [2.45, 2.75) is 37.6 Å². The maximum absolute atomic E-state index is 6.37. The van der Waals surface area contributed by atoms with Crippen molar-refractivity contribution in [2.75, 3.05) is 13.2 Å². The summed E-state index contributed by atoms with van der Waals surface area (Å²) < 4.78 is 16.7. The van der Waals surface area contributed by atoms with Crippen LogP contribution in [0.15, 0.2) is 22.7 Å². The van der Waals surface area contributed by atoms with Gasteiger partial charge in [-0.1, -0.05) is 18.0 Å². The first-order valence-corrected chi connectivity index (χ1v) is 7.78. The monoisotopic (exact) mass is 337 g/mol. The van der Waals surface area contributed by atoms with Crippen LogP contribution < -0.4 is 15.2 Å². The van der Waals surface area contributed by atoms with Crippen molar-refractivity contribution in [2.24, 2.45) is 5.73 Å². The van der Waals surface area contributed by atoms with Gasteiger partial charge in [0.2, 0.25) is 0 Å². The van der Waals surface area contributed by atoms with Gasteiger partial charge in [0.1, 0.15) is 0 Å². The zero-order chi connectivity index (χ0) is 15.0. The average molecular weight is 338 g/mol. The van der Waals surface area contributed by atoms with E-state index in [9.17, 15) is 0 Å². The minimum atomic E-state index is -0.437. The number of hydrogen-bond donors (Lipinski definition) is 1. The van der Waals surface area contributed by atoms with E-state index in [0.29, 0.717) is 24.9 Å². The smallest absolute Gasteiger partial charge is 0.258 e. The van der Waals surface area contributed by atoms with E-state index >= 15 is 0 Å². The molecule has 2 aliphatic rings. The molecule has 0 amide bonds. The normalized spacial score (nSPS) is 19.0. The quantitative estimate of drug-likeness (QED) is 0.906. The van der Waals surface area contributed by atoms with Crippen molar-refractivity contribution >= 4 is 12.4 Å². The molecule has 0 radical (unpaired) electrons. The molecule has 0 atom stereocenters. The fraction of sp³-hybridized carbons (Fsp3) is 0.500. The van der Waals surface area contributed by atoms with E-state index in [0.717, 1.165) is 49.2 Å². The predicted octanol–water partition coefficient (Wildman–Crippen LogP) is 3.05. The molecule has 2 heterocycles. The van der Waals surface area contributed by atoms with Crippen LogP contribution in [0.1, 0.15) is 37.9 Å². The van der Waals surface area contributed by atoms with Gasteiger partial charge in [-0.2, -0.15) is 4.98 Å². The van der Waals surface area contributed by atoms with Gasteiger partial charge in [-0.05, 0) is 31.0 Å². The second-order valence-corrected chi connectivity index (χ2v) is 6.00. The van der Waals surface area contributed by atoms with Gasteiger partial charge in [-0.15, -0.1) is 12.4 Å². The highest BCUT2D eigenvalue weighted by atomic mass is 35.5. The average Bonchev–Trinajstić information content (AvgIpc) is 3.12. The molecule has 0 saturated heterocycles. The van der Waals surface area contributed by atoms with Crippen LogP contribution in [0.5, 0.6) is 11.5 Å². The van der Waals surface area contributed by atoms with Crippen LogP contribution in [-0.4, -0.2) is 23.4 Å². The molecule has 0 unspecified atom stereocenters. The van der Waals surface area contributed by atoms with Crippen molar-refractivity contribution in [1.82, 2.24) is 10.1 Å². The van der Waals surface area contributed by atoms with Crippen molar-refractivity contribution in [3.63, 3.8) is 0 Å². The lowest BCUT2D eigenvalue weighted by molar-refractivity contribution is 0.297. The topological polar surface area (TPSA) is 83.4 Å². The number of benzene rings is 1. The lowest BCUT2D eigenvalue weighted by Gasteiger charge is -2.17. The van der Waals surface area contributed by atoms with Crippen molar-refractivity contribution in [1.29, 1.82) is 0 Å². The zero-order valence-corrected chi connectivity index (χ0v) is 13.6. The molecule has 1 aliphatic carbocycles. The molecule has 0 spiro atoms. The predicted molar refractivity (Wildman–Crippen MR) is 86.9 cm³/mol. The number of rotatable bonds is 2. The van der Waals surface area contributed by atoms with Gasteiger partial charge in [0.25, 0.3) is 5.89 Å². The van der Waals surface area contributed by atoms with E-state index in [1.807, 2.05) is 18.2 Å². The van der Waals surface area contributed by atoms with Gasteiger partial charge in [0.15, 0.2) is 17.3 Å². The van der Waals surface area contributed by atoms with Gasteiger partial charge in [-0.3, -0.25) is 0 Å². The maximum Gasteiger partial charge on any atom is 0.258 e. The summed E-state index contributed by atoms with van der Waals surface area (Å²) in [5.74, 6) is 2.56. The Bertz CT molecular complexity index is 683. The van der Waals surface area contributed by atoms with Gasteiger partial charge >= 0.3 is 0 Å². The molecule has 1 fully saturated rings. The Morgan fingerprint density at radius 2 is 1.74 bits per heavy atom. The molecule has 7 heteroatoms. The Morgan fingerprint density at radius 3 is 2.52 bits per heavy atom. The number of fused-ring (bicyclic) bond motifs is 1. The third-order valence-electron chi connectivity index (χ3n) is 4.36. The van der Waals surface area contributed by atoms with Gasteiger partial charge in [0, 0.05) is 12.0 Å². The number of aromatic nitrogens is 2. The van der Waals surface area contributed by atoms with Gasteiger partial charge in [0.05, 0.1) is 18.8 Å². The summed E-state index contributed by atoms with van der Waals surface area (Å²) in [4.78, 5) is 4.51. The summed E-state index contributed by atoms with van der Waals surface area (Å²) in [6, 6.07) is 5.67. The van der Waals surface area contributed by atoms with Crippen LogP contribution in [0.25, 0.3) is 11.5 Å². The van der Waals surface area contributed by atoms with Crippen molar-refractivity contribution in [3.05, 3.63) is 24.0 Å². The second kappa shape index (κ2) is 6.37. The highest BCUT2D eigenvalue weighted by Crippen LogP contribution is 2.37. The van der Waals surface area contributed by atoms with E-state index in [4.69, 9.17) is 19.7 Å². The number of hydrogen-bond acceptors (Lipinski definition) is 6. The third kappa shape index (κ3) is 3.01. The number of nitrogens with two attached hydrogens (primary N) is 1. The van der Waals surface area contributed by atoms with E-state index in [1.165, 1.54) is 0 Å². The van der Waals surface area contributed by atoms with E-state index in [-0.39, 0.29) is 12.4 Å². The maximum atomic E-state index is 6.37. The van der Waals surface area contributed by atoms with E-state index in [1.54, 1.807) is 0 Å². The van der Waals surface area contributed by atoms with Crippen molar-refractivity contribution in [3.8, 4) is 23.0 Å². The molecule has 2 aromatic rings. The minimum absolute atomic E-state index is 0. The molecule has 1 aromatic heterocycles. The summed E-state index contributed by atoms with van der Waals surface area (Å²) in [7, 11) is 0. The Morgan fingerprint density at radius 1 is 1.00 bits per heavy atom. The molecular formula is C16H20ClN3O3. The van der Waals surface area contributed by atoms with Crippen LogP contribution in [0.2, 0.25) is 0 Å². The Hall–Kier alpha value is -1.79. The third-order valence-corrected chi connectivity index (χ3v) is 4.36. The largest absolute Gasteiger partial charge is 0.490 e. The van der Waals surface area contributed by atoms with Crippen LogP contribution in [0.4, 0.5) is 0 Å². The number of ether oxygens (including phenoxy) is 2. The van der Waals surface area contributed by atoms with Crippen LogP contribution in [0, 0.1) is 0 Å². The highest BCUT2D eigenvalue weighted by molar-refractivity contribution is 5.85. The van der Waals surface area contributed by atoms with Crippen LogP contribution in [0.3, 0.4) is 0 Å². The molecule has 1 aliphatic heterocycles. The molecule has 0 bridgehead atoms. The Labute approximate surface area is 140 Å². The van der Waals surface area contributed by atoms with Crippen LogP contribution >= 0.6 is 12.4 Å². The minimum Gasteiger partial charge on any atom is -0.490 e. The lowest BCUT2D eigenvalue weighted by atomic mass is 9.99. The SMILES string of the molecule is Cl.NC1(c2noc(-c3ccc4c(c3)OCCCO4)n2)CCCC1. The molecular weight excluding hydrogens is 318 g/mol. The highest BCUT2D eigenvalue weighted by Gasteiger charge is 2.36. The fourth-order valence-corrected chi connectivity index (χ4v) is 3.07. The first kappa shape index (κ1) is 16.1. The summed E-state index contributed by atoms with van der Waals surface area (Å²) in [6.07, 6.45) is 4.93. The molecule has 1 aromatic carbocycles. The zero-order valence-electron chi connectivity index (χ0n) is 12.8. The summed E-state index contributed by atoms with van der Waals surface area (Å²) in [5, 5.41) is 4.09. The number of nitrogens with zero attached hydrogens (tertiary/aromatic N) is 2.